The van der Waals surface area contributed by atoms with Crippen LogP contribution in [0, 0.1) is 17.6 Å². The minimum Gasteiger partial charge on any atom is -0.444 e. The molecule has 1 rings (SSSR count). The highest BCUT2D eigenvalue weighted by atomic mass is 19.1. The number of hydrogen-bond donors (Lipinski definition) is 2. The number of halogens is 2. The number of amides is 2. The summed E-state index contributed by atoms with van der Waals surface area (Å²) in [6.45, 7) is 8.66. The molecule has 2 amide bonds. The number of carbonyl (C=O) groups is 2. The molecule has 152 valence electrons. The Morgan fingerprint density at radius 1 is 1.19 bits per heavy atom. The molecule has 1 aromatic rings. The first-order valence-corrected chi connectivity index (χ1v) is 8.69. The van der Waals surface area contributed by atoms with Crippen LogP contribution in [0.5, 0.6) is 0 Å². The number of nitrogens with one attached hydrogen (secondary N) is 2. The van der Waals surface area contributed by atoms with Gasteiger partial charge in [0.25, 0.3) is 0 Å². The molecule has 0 heterocycles. The summed E-state index contributed by atoms with van der Waals surface area (Å²) in [6.07, 6.45) is -1.51. The molecule has 1 aromatic carbocycles. The third kappa shape index (κ3) is 7.50. The molecule has 2 atom stereocenters. The normalized spacial score (nSPS) is 13.8. The van der Waals surface area contributed by atoms with Crippen LogP contribution in [0.4, 0.5) is 13.6 Å². The van der Waals surface area contributed by atoms with E-state index in [4.69, 9.17) is 9.47 Å². The van der Waals surface area contributed by atoms with E-state index >= 15 is 0 Å². The average Bonchev–Trinajstić information content (AvgIpc) is 2.52. The number of ether oxygens (including phenoxy) is 2. The standard InChI is InChI=1S/C19H28F2N2O4/c1-11(2)16(23-18(25)27-19(3,4)5)17(24)22-10-15(26-6)13-8-7-12(20)9-14(13)21/h7-9,11,15-16H,10H2,1-6H3,(H,22,24)(H,23,25). The fourth-order valence-corrected chi connectivity index (χ4v) is 2.36. The van der Waals surface area contributed by atoms with Crippen LogP contribution in [0.25, 0.3) is 0 Å². The molecular formula is C19H28F2N2O4. The van der Waals surface area contributed by atoms with Gasteiger partial charge in [-0.1, -0.05) is 19.9 Å². The lowest BCUT2D eigenvalue weighted by Gasteiger charge is -2.26. The van der Waals surface area contributed by atoms with Crippen LogP contribution in [0.3, 0.4) is 0 Å². The van der Waals surface area contributed by atoms with Crippen LogP contribution in [-0.2, 0) is 14.3 Å². The summed E-state index contributed by atoms with van der Waals surface area (Å²) >= 11 is 0. The van der Waals surface area contributed by atoms with E-state index in [1.165, 1.54) is 13.2 Å². The van der Waals surface area contributed by atoms with E-state index in [0.717, 1.165) is 12.1 Å². The number of rotatable bonds is 7. The zero-order chi connectivity index (χ0) is 20.8. The van der Waals surface area contributed by atoms with Crippen LogP contribution >= 0.6 is 0 Å². The average molecular weight is 386 g/mol. The molecule has 2 N–H and O–H groups in total. The van der Waals surface area contributed by atoms with Gasteiger partial charge in [-0.25, -0.2) is 13.6 Å². The van der Waals surface area contributed by atoms with Crippen LogP contribution in [0.2, 0.25) is 0 Å². The van der Waals surface area contributed by atoms with Crippen LogP contribution in [-0.4, -0.2) is 37.3 Å². The molecule has 8 heteroatoms. The molecule has 0 saturated heterocycles. The zero-order valence-electron chi connectivity index (χ0n) is 16.6. The first kappa shape index (κ1) is 22.8. The fraction of sp³-hybridized carbons (Fsp3) is 0.579. The molecule has 0 aliphatic rings. The van der Waals surface area contributed by atoms with Crippen molar-refractivity contribution in [2.24, 2.45) is 5.92 Å². The second-order valence-corrected chi connectivity index (χ2v) is 7.50. The van der Waals surface area contributed by atoms with E-state index < -0.39 is 41.4 Å². The third-order valence-electron chi connectivity index (χ3n) is 3.68. The second kappa shape index (κ2) is 9.64. The highest BCUT2D eigenvalue weighted by Crippen LogP contribution is 2.20. The first-order valence-electron chi connectivity index (χ1n) is 8.69. The van der Waals surface area contributed by atoms with E-state index in [1.54, 1.807) is 34.6 Å². The molecule has 27 heavy (non-hydrogen) atoms. The van der Waals surface area contributed by atoms with Gasteiger partial charge in [0, 0.05) is 25.3 Å². The predicted molar refractivity (Wildman–Crippen MR) is 97.1 cm³/mol. The van der Waals surface area contributed by atoms with Crippen molar-refractivity contribution in [3.8, 4) is 0 Å². The monoisotopic (exact) mass is 386 g/mol. The van der Waals surface area contributed by atoms with Crippen LogP contribution in [0.1, 0.15) is 46.3 Å². The number of alkyl carbamates (subject to hydrolysis) is 1. The number of benzene rings is 1. The lowest BCUT2D eigenvalue weighted by Crippen LogP contribution is -2.51. The fourth-order valence-electron chi connectivity index (χ4n) is 2.36. The van der Waals surface area contributed by atoms with Gasteiger partial charge in [-0.2, -0.15) is 0 Å². The summed E-state index contributed by atoms with van der Waals surface area (Å²) in [6, 6.07) is 2.30. The van der Waals surface area contributed by atoms with Crippen molar-refractivity contribution in [2.75, 3.05) is 13.7 Å². The molecular weight excluding hydrogens is 358 g/mol. The van der Waals surface area contributed by atoms with Crippen LogP contribution < -0.4 is 10.6 Å². The van der Waals surface area contributed by atoms with E-state index in [2.05, 4.69) is 10.6 Å². The predicted octanol–water partition coefficient (Wildman–Crippen LogP) is 3.32. The summed E-state index contributed by atoms with van der Waals surface area (Å²) in [5.74, 6) is -2.12. The lowest BCUT2D eigenvalue weighted by atomic mass is 10.0. The van der Waals surface area contributed by atoms with Gasteiger partial charge in [0.05, 0.1) is 0 Å². The topological polar surface area (TPSA) is 76.7 Å². The molecule has 6 nitrogen and oxygen atoms in total. The summed E-state index contributed by atoms with van der Waals surface area (Å²) in [5, 5.41) is 5.16. The van der Waals surface area contributed by atoms with E-state index in [9.17, 15) is 18.4 Å². The SMILES string of the molecule is COC(CNC(=O)C(NC(=O)OC(C)(C)C)C(C)C)c1ccc(F)cc1F. The van der Waals surface area contributed by atoms with Gasteiger partial charge < -0.3 is 20.1 Å². The Bertz CT molecular complexity index is 660. The van der Waals surface area contributed by atoms with Crippen molar-refractivity contribution < 1.29 is 27.8 Å². The van der Waals surface area contributed by atoms with Gasteiger partial charge in [0.1, 0.15) is 29.4 Å². The quantitative estimate of drug-likeness (QED) is 0.754. The van der Waals surface area contributed by atoms with Crippen molar-refractivity contribution in [2.45, 2.75) is 52.4 Å². The highest BCUT2D eigenvalue weighted by Gasteiger charge is 2.27. The molecule has 0 fully saturated rings. The first-order chi connectivity index (χ1) is 12.4. The molecule has 0 bridgehead atoms. The Morgan fingerprint density at radius 3 is 2.30 bits per heavy atom. The number of hydrogen-bond acceptors (Lipinski definition) is 4. The zero-order valence-corrected chi connectivity index (χ0v) is 16.6. The van der Waals surface area contributed by atoms with Gasteiger partial charge in [-0.05, 0) is 32.8 Å². The van der Waals surface area contributed by atoms with E-state index in [1.807, 2.05) is 0 Å². The van der Waals surface area contributed by atoms with Gasteiger partial charge >= 0.3 is 6.09 Å². The smallest absolute Gasteiger partial charge is 0.408 e. The molecule has 2 unspecified atom stereocenters. The second-order valence-electron chi connectivity index (χ2n) is 7.50. The van der Waals surface area contributed by atoms with Gasteiger partial charge in [-0.3, -0.25) is 4.79 Å². The lowest BCUT2D eigenvalue weighted by molar-refractivity contribution is -0.124. The summed E-state index contributed by atoms with van der Waals surface area (Å²) in [5.41, 5.74) is -0.566. The van der Waals surface area contributed by atoms with Crippen molar-refractivity contribution in [1.29, 1.82) is 0 Å². The van der Waals surface area contributed by atoms with Crippen molar-refractivity contribution in [1.82, 2.24) is 10.6 Å². The van der Waals surface area contributed by atoms with Crippen molar-refractivity contribution in [3.63, 3.8) is 0 Å². The Kier molecular flexibility index (Phi) is 8.15. The minimum atomic E-state index is -0.838. The molecule has 0 spiro atoms. The molecule has 0 aromatic heterocycles. The molecule has 0 aliphatic carbocycles. The summed E-state index contributed by atoms with van der Waals surface area (Å²) < 4.78 is 37.4. The molecule has 0 saturated carbocycles. The van der Waals surface area contributed by atoms with Crippen LogP contribution in [0.15, 0.2) is 18.2 Å². The Hall–Kier alpha value is -2.22. The van der Waals surface area contributed by atoms with E-state index in [0.29, 0.717) is 0 Å². The molecule has 0 aliphatic heterocycles. The maximum absolute atomic E-state index is 13.9. The Morgan fingerprint density at radius 2 is 1.81 bits per heavy atom. The maximum atomic E-state index is 13.9. The Labute approximate surface area is 158 Å². The van der Waals surface area contributed by atoms with Gasteiger partial charge in [0.2, 0.25) is 5.91 Å². The Balaban J connectivity index is 2.76. The largest absolute Gasteiger partial charge is 0.444 e. The summed E-state index contributed by atoms with van der Waals surface area (Å²) in [4.78, 5) is 24.4. The summed E-state index contributed by atoms with van der Waals surface area (Å²) in [7, 11) is 1.36. The highest BCUT2D eigenvalue weighted by molar-refractivity contribution is 5.85. The van der Waals surface area contributed by atoms with E-state index in [-0.39, 0.29) is 18.0 Å². The van der Waals surface area contributed by atoms with Gasteiger partial charge in [0.15, 0.2) is 0 Å². The van der Waals surface area contributed by atoms with Crippen molar-refractivity contribution in [3.05, 3.63) is 35.4 Å². The van der Waals surface area contributed by atoms with Crippen molar-refractivity contribution >= 4 is 12.0 Å². The number of methoxy groups -OCH3 is 1. The maximum Gasteiger partial charge on any atom is 0.408 e. The third-order valence-corrected chi connectivity index (χ3v) is 3.68. The van der Waals surface area contributed by atoms with Gasteiger partial charge in [-0.15, -0.1) is 0 Å². The minimum absolute atomic E-state index is 0.0445. The number of carbonyl (C=O) groups excluding carboxylic acids is 2. The molecule has 0 radical (unpaired) electrons.